The molecule has 0 aliphatic heterocycles. The smallest absolute Gasteiger partial charge is 0.331 e. The minimum Gasteiger partial charge on any atom is -0.494 e. The van der Waals surface area contributed by atoms with Gasteiger partial charge in [-0.05, 0) is 24.6 Å². The Kier molecular flexibility index (Phi) is 3.92. The topological polar surface area (TPSA) is 46.5 Å². The molecule has 1 aromatic carbocycles. The summed E-state index contributed by atoms with van der Waals surface area (Å²) >= 11 is 0. The Morgan fingerprint density at radius 3 is 2.47 bits per heavy atom. The molecule has 0 aliphatic rings. The number of rotatable bonds is 5. The van der Waals surface area contributed by atoms with Crippen molar-refractivity contribution in [2.24, 2.45) is 0 Å². The van der Waals surface area contributed by atoms with Crippen LogP contribution in [0.3, 0.4) is 0 Å². The molecule has 1 N–H and O–H groups in total. The Labute approximate surface area is 89.0 Å². The van der Waals surface area contributed by atoms with Gasteiger partial charge in [0.15, 0.2) is 0 Å². The van der Waals surface area contributed by atoms with E-state index in [1.54, 1.807) is 0 Å². The van der Waals surface area contributed by atoms with Crippen LogP contribution in [0.4, 0.5) is 0 Å². The van der Waals surface area contributed by atoms with E-state index in [4.69, 9.17) is 9.84 Å². The lowest BCUT2D eigenvalue weighted by atomic mass is 10.1. The van der Waals surface area contributed by atoms with E-state index in [0.29, 0.717) is 13.0 Å². The molecule has 0 unspecified atom stereocenters. The van der Waals surface area contributed by atoms with E-state index < -0.39 is 5.97 Å². The molecule has 0 saturated heterocycles. The first-order valence-corrected chi connectivity index (χ1v) is 4.76. The van der Waals surface area contributed by atoms with Gasteiger partial charge in [-0.3, -0.25) is 0 Å². The molecule has 0 aliphatic carbocycles. The van der Waals surface area contributed by atoms with E-state index in [1.807, 2.05) is 31.2 Å². The van der Waals surface area contributed by atoms with Crippen LogP contribution in [0.15, 0.2) is 36.4 Å². The summed E-state index contributed by atoms with van der Waals surface area (Å²) in [4.78, 5) is 10.5. The number of carboxylic acids is 1. The average molecular weight is 206 g/mol. The molecule has 0 heterocycles. The fourth-order valence-electron chi connectivity index (χ4n) is 1.19. The van der Waals surface area contributed by atoms with Crippen LogP contribution in [-0.2, 0) is 11.2 Å². The van der Waals surface area contributed by atoms with Gasteiger partial charge in [-0.1, -0.05) is 18.7 Å². The standard InChI is InChI=1S/C12H14O3/c1-3-15-11-6-4-10(5-7-11)8-9(2)12(13)14/h4-7H,2-3,8H2,1H3,(H,13,14). The lowest BCUT2D eigenvalue weighted by Gasteiger charge is -2.04. The summed E-state index contributed by atoms with van der Waals surface area (Å²) in [5, 5.41) is 8.66. The van der Waals surface area contributed by atoms with Crippen molar-refractivity contribution >= 4 is 5.97 Å². The van der Waals surface area contributed by atoms with Crippen LogP contribution in [0.25, 0.3) is 0 Å². The summed E-state index contributed by atoms with van der Waals surface area (Å²) in [6.07, 6.45) is 0.363. The van der Waals surface area contributed by atoms with Crippen molar-refractivity contribution in [2.75, 3.05) is 6.61 Å². The van der Waals surface area contributed by atoms with Gasteiger partial charge >= 0.3 is 5.97 Å². The Hall–Kier alpha value is -1.77. The van der Waals surface area contributed by atoms with Crippen LogP contribution in [0.5, 0.6) is 5.75 Å². The van der Waals surface area contributed by atoms with Gasteiger partial charge in [-0.2, -0.15) is 0 Å². The molecule has 0 fully saturated rings. The highest BCUT2D eigenvalue weighted by Gasteiger charge is 2.04. The molecule has 3 heteroatoms. The molecule has 0 amide bonds. The largest absolute Gasteiger partial charge is 0.494 e. The normalized spacial score (nSPS) is 9.67. The number of carbonyl (C=O) groups is 1. The van der Waals surface area contributed by atoms with Crippen molar-refractivity contribution in [2.45, 2.75) is 13.3 Å². The Morgan fingerprint density at radius 2 is 2.00 bits per heavy atom. The summed E-state index contributed by atoms with van der Waals surface area (Å²) in [6.45, 7) is 6.02. The first kappa shape index (κ1) is 11.3. The van der Waals surface area contributed by atoms with E-state index >= 15 is 0 Å². The monoisotopic (exact) mass is 206 g/mol. The Bertz CT molecular complexity index is 352. The van der Waals surface area contributed by atoms with Gasteiger partial charge in [-0.25, -0.2) is 4.79 Å². The van der Waals surface area contributed by atoms with Crippen molar-refractivity contribution in [3.63, 3.8) is 0 Å². The number of carboxylic acid groups (broad SMARTS) is 1. The maximum Gasteiger partial charge on any atom is 0.331 e. The van der Waals surface area contributed by atoms with E-state index in [9.17, 15) is 4.79 Å². The van der Waals surface area contributed by atoms with Gasteiger partial charge in [0.25, 0.3) is 0 Å². The summed E-state index contributed by atoms with van der Waals surface area (Å²) < 4.78 is 5.27. The van der Waals surface area contributed by atoms with E-state index in [1.165, 1.54) is 0 Å². The molecule has 1 aromatic rings. The predicted octanol–water partition coefficient (Wildman–Crippen LogP) is 2.27. The molecule has 3 nitrogen and oxygen atoms in total. The number of ether oxygens (including phenoxy) is 1. The van der Waals surface area contributed by atoms with Crippen LogP contribution in [-0.4, -0.2) is 17.7 Å². The quantitative estimate of drug-likeness (QED) is 0.752. The van der Waals surface area contributed by atoms with Gasteiger partial charge in [0.05, 0.1) is 6.61 Å². The lowest BCUT2D eigenvalue weighted by molar-refractivity contribution is -0.132. The highest BCUT2D eigenvalue weighted by molar-refractivity contribution is 5.86. The number of hydrogen-bond acceptors (Lipinski definition) is 2. The van der Waals surface area contributed by atoms with Gasteiger partial charge < -0.3 is 9.84 Å². The van der Waals surface area contributed by atoms with Crippen LogP contribution >= 0.6 is 0 Å². The molecular formula is C12H14O3. The molecule has 80 valence electrons. The molecule has 0 spiro atoms. The van der Waals surface area contributed by atoms with Crippen molar-refractivity contribution in [1.82, 2.24) is 0 Å². The highest BCUT2D eigenvalue weighted by atomic mass is 16.5. The summed E-state index contributed by atoms with van der Waals surface area (Å²) in [6, 6.07) is 7.35. The third kappa shape index (κ3) is 3.46. The number of aliphatic carboxylic acids is 1. The summed E-state index contributed by atoms with van der Waals surface area (Å²) in [5.74, 6) is -0.161. The molecule has 0 aromatic heterocycles. The first-order chi connectivity index (χ1) is 7.13. The zero-order chi connectivity index (χ0) is 11.3. The van der Waals surface area contributed by atoms with E-state index in [0.717, 1.165) is 11.3 Å². The third-order valence-corrected chi connectivity index (χ3v) is 1.95. The molecule has 0 radical (unpaired) electrons. The predicted molar refractivity (Wildman–Crippen MR) is 58.1 cm³/mol. The highest BCUT2D eigenvalue weighted by Crippen LogP contribution is 2.14. The minimum atomic E-state index is -0.955. The van der Waals surface area contributed by atoms with Gasteiger partial charge in [0.2, 0.25) is 0 Å². The zero-order valence-electron chi connectivity index (χ0n) is 8.69. The molecular weight excluding hydrogens is 192 g/mol. The summed E-state index contributed by atoms with van der Waals surface area (Å²) in [5.41, 5.74) is 1.12. The van der Waals surface area contributed by atoms with Crippen LogP contribution in [0, 0.1) is 0 Å². The molecule has 15 heavy (non-hydrogen) atoms. The molecule has 0 saturated carbocycles. The van der Waals surface area contributed by atoms with Gasteiger partial charge in [0.1, 0.15) is 5.75 Å². The second kappa shape index (κ2) is 5.20. The van der Waals surface area contributed by atoms with E-state index in [-0.39, 0.29) is 5.57 Å². The zero-order valence-corrected chi connectivity index (χ0v) is 8.69. The Balaban J connectivity index is 2.64. The SMILES string of the molecule is C=C(Cc1ccc(OCC)cc1)C(=O)O. The molecule has 0 atom stereocenters. The molecule has 0 bridgehead atoms. The van der Waals surface area contributed by atoms with Crippen LogP contribution < -0.4 is 4.74 Å². The fourth-order valence-corrected chi connectivity index (χ4v) is 1.19. The first-order valence-electron chi connectivity index (χ1n) is 4.76. The summed E-state index contributed by atoms with van der Waals surface area (Å²) in [7, 11) is 0. The average Bonchev–Trinajstić information content (AvgIpc) is 2.21. The van der Waals surface area contributed by atoms with Crippen molar-refractivity contribution < 1.29 is 14.6 Å². The third-order valence-electron chi connectivity index (χ3n) is 1.95. The van der Waals surface area contributed by atoms with Crippen LogP contribution in [0.1, 0.15) is 12.5 Å². The maximum atomic E-state index is 10.5. The second-order valence-electron chi connectivity index (χ2n) is 3.16. The van der Waals surface area contributed by atoms with Crippen molar-refractivity contribution in [3.8, 4) is 5.75 Å². The van der Waals surface area contributed by atoms with E-state index in [2.05, 4.69) is 6.58 Å². The lowest BCUT2D eigenvalue weighted by Crippen LogP contribution is -2.02. The number of benzene rings is 1. The van der Waals surface area contributed by atoms with Gasteiger partial charge in [0, 0.05) is 12.0 Å². The number of hydrogen-bond donors (Lipinski definition) is 1. The maximum absolute atomic E-state index is 10.5. The fraction of sp³-hybridized carbons (Fsp3) is 0.250. The Morgan fingerprint density at radius 1 is 1.40 bits per heavy atom. The minimum absolute atomic E-state index is 0.194. The second-order valence-corrected chi connectivity index (χ2v) is 3.16. The van der Waals surface area contributed by atoms with Gasteiger partial charge in [-0.15, -0.1) is 0 Å². The molecule has 1 rings (SSSR count). The van der Waals surface area contributed by atoms with Crippen molar-refractivity contribution in [1.29, 1.82) is 0 Å². The van der Waals surface area contributed by atoms with Crippen molar-refractivity contribution in [3.05, 3.63) is 42.0 Å². The van der Waals surface area contributed by atoms with Crippen LogP contribution in [0.2, 0.25) is 0 Å².